The predicted molar refractivity (Wildman–Crippen MR) is 66.1 cm³/mol. The molecule has 5 heteroatoms. The van der Waals surface area contributed by atoms with Crippen LogP contribution in [0.15, 0.2) is 5.38 Å². The molecule has 0 spiro atoms. The second-order valence-corrected chi connectivity index (χ2v) is 5.89. The largest absolute Gasteiger partial charge is 0.348 e. The Hall–Kier alpha value is -0.940. The average molecular weight is 241 g/mol. The first-order valence-corrected chi connectivity index (χ1v) is 6.13. The van der Waals surface area contributed by atoms with Gasteiger partial charge in [-0.2, -0.15) is 0 Å². The topological polar surface area (TPSA) is 68.0 Å². The number of nitrogens with one attached hydrogen (secondary N) is 1. The SMILES string of the molecule is Cc1csc(CNC(=O)[C@@H](N)C(C)(C)C)n1. The second-order valence-electron chi connectivity index (χ2n) is 4.94. The summed E-state index contributed by atoms with van der Waals surface area (Å²) in [6.45, 7) is 8.24. The van der Waals surface area contributed by atoms with E-state index in [1.54, 1.807) is 11.3 Å². The van der Waals surface area contributed by atoms with Crippen LogP contribution in [0.2, 0.25) is 0 Å². The van der Waals surface area contributed by atoms with Gasteiger partial charge in [-0.05, 0) is 12.3 Å². The highest BCUT2D eigenvalue weighted by Gasteiger charge is 2.27. The van der Waals surface area contributed by atoms with Crippen LogP contribution >= 0.6 is 11.3 Å². The molecule has 1 heterocycles. The number of nitrogens with two attached hydrogens (primary N) is 1. The summed E-state index contributed by atoms with van der Waals surface area (Å²) in [5.74, 6) is -0.125. The number of hydrogen-bond acceptors (Lipinski definition) is 4. The summed E-state index contributed by atoms with van der Waals surface area (Å²) >= 11 is 1.54. The molecule has 1 rings (SSSR count). The molecule has 0 bridgehead atoms. The van der Waals surface area contributed by atoms with Gasteiger partial charge in [-0.1, -0.05) is 20.8 Å². The van der Waals surface area contributed by atoms with Gasteiger partial charge in [0.05, 0.1) is 12.6 Å². The van der Waals surface area contributed by atoms with E-state index in [9.17, 15) is 4.79 Å². The van der Waals surface area contributed by atoms with Gasteiger partial charge < -0.3 is 11.1 Å². The molecule has 1 atom stereocenters. The van der Waals surface area contributed by atoms with E-state index in [-0.39, 0.29) is 11.3 Å². The van der Waals surface area contributed by atoms with E-state index in [0.717, 1.165) is 10.7 Å². The van der Waals surface area contributed by atoms with Gasteiger partial charge in [0.25, 0.3) is 0 Å². The van der Waals surface area contributed by atoms with Crippen molar-refractivity contribution in [3.8, 4) is 0 Å². The van der Waals surface area contributed by atoms with E-state index < -0.39 is 6.04 Å². The first-order chi connectivity index (χ1) is 7.30. The molecule has 0 radical (unpaired) electrons. The quantitative estimate of drug-likeness (QED) is 0.841. The Morgan fingerprint density at radius 1 is 1.62 bits per heavy atom. The smallest absolute Gasteiger partial charge is 0.237 e. The van der Waals surface area contributed by atoms with Crippen molar-refractivity contribution in [1.82, 2.24) is 10.3 Å². The number of nitrogens with zero attached hydrogens (tertiary/aromatic N) is 1. The van der Waals surface area contributed by atoms with Crippen molar-refractivity contribution in [3.05, 3.63) is 16.1 Å². The number of hydrogen-bond donors (Lipinski definition) is 2. The van der Waals surface area contributed by atoms with E-state index in [1.165, 1.54) is 0 Å². The Bertz CT molecular complexity index is 368. The van der Waals surface area contributed by atoms with Crippen LogP contribution in [0, 0.1) is 12.3 Å². The molecule has 0 saturated heterocycles. The minimum atomic E-state index is -0.492. The number of carbonyl (C=O) groups is 1. The normalized spacial score (nSPS) is 13.6. The lowest BCUT2D eigenvalue weighted by atomic mass is 9.87. The van der Waals surface area contributed by atoms with Gasteiger partial charge in [-0.25, -0.2) is 4.98 Å². The van der Waals surface area contributed by atoms with Crippen molar-refractivity contribution in [1.29, 1.82) is 0 Å². The van der Waals surface area contributed by atoms with Crippen molar-refractivity contribution in [2.24, 2.45) is 11.1 Å². The van der Waals surface area contributed by atoms with Gasteiger partial charge in [0, 0.05) is 11.1 Å². The molecule has 16 heavy (non-hydrogen) atoms. The Labute approximate surface area is 100 Å². The van der Waals surface area contributed by atoms with Gasteiger partial charge in [0.2, 0.25) is 5.91 Å². The molecule has 0 fully saturated rings. The molecular weight excluding hydrogens is 222 g/mol. The number of aryl methyl sites for hydroxylation is 1. The van der Waals surface area contributed by atoms with E-state index in [0.29, 0.717) is 6.54 Å². The molecule has 0 unspecified atom stereocenters. The first-order valence-electron chi connectivity index (χ1n) is 5.25. The summed E-state index contributed by atoms with van der Waals surface area (Å²) in [5.41, 5.74) is 6.60. The molecule has 90 valence electrons. The molecule has 1 amide bonds. The maximum atomic E-state index is 11.7. The van der Waals surface area contributed by atoms with Crippen molar-refractivity contribution >= 4 is 17.2 Å². The number of aromatic nitrogens is 1. The zero-order chi connectivity index (χ0) is 12.3. The van der Waals surface area contributed by atoms with Gasteiger partial charge in [-0.15, -0.1) is 11.3 Å². The Kier molecular flexibility index (Phi) is 4.04. The van der Waals surface area contributed by atoms with Gasteiger partial charge in [0.1, 0.15) is 5.01 Å². The molecule has 3 N–H and O–H groups in total. The predicted octanol–water partition coefficient (Wildman–Crippen LogP) is 1.44. The maximum absolute atomic E-state index is 11.7. The lowest BCUT2D eigenvalue weighted by Crippen LogP contribution is -2.48. The lowest BCUT2D eigenvalue weighted by molar-refractivity contribution is -0.124. The van der Waals surface area contributed by atoms with Crippen LogP contribution in [-0.2, 0) is 11.3 Å². The minimum absolute atomic E-state index is 0.125. The van der Waals surface area contributed by atoms with E-state index in [1.807, 2.05) is 33.1 Å². The number of thiazole rings is 1. The van der Waals surface area contributed by atoms with Gasteiger partial charge in [0.15, 0.2) is 0 Å². The molecule has 0 saturated carbocycles. The Balaban J connectivity index is 2.47. The van der Waals surface area contributed by atoms with Gasteiger partial charge in [-0.3, -0.25) is 4.79 Å². The average Bonchev–Trinajstić information content (AvgIpc) is 2.58. The molecule has 1 aromatic rings. The van der Waals surface area contributed by atoms with Crippen LogP contribution in [0.5, 0.6) is 0 Å². The van der Waals surface area contributed by atoms with Crippen LogP contribution in [0.25, 0.3) is 0 Å². The fourth-order valence-electron chi connectivity index (χ4n) is 1.15. The molecule has 0 aliphatic carbocycles. The van der Waals surface area contributed by atoms with E-state index in [2.05, 4.69) is 10.3 Å². The van der Waals surface area contributed by atoms with Crippen molar-refractivity contribution < 1.29 is 4.79 Å². The molecule has 0 aromatic carbocycles. The molecule has 1 aromatic heterocycles. The van der Waals surface area contributed by atoms with Crippen LogP contribution < -0.4 is 11.1 Å². The third kappa shape index (κ3) is 3.57. The number of amides is 1. The second kappa shape index (κ2) is 4.93. The molecular formula is C11H19N3OS. The monoisotopic (exact) mass is 241 g/mol. The number of carbonyl (C=O) groups excluding carboxylic acids is 1. The molecule has 0 aliphatic rings. The van der Waals surface area contributed by atoms with Gasteiger partial charge >= 0.3 is 0 Å². The minimum Gasteiger partial charge on any atom is -0.348 e. The highest BCUT2D eigenvalue weighted by atomic mass is 32.1. The van der Waals surface area contributed by atoms with E-state index >= 15 is 0 Å². The number of rotatable bonds is 3. The first kappa shape index (κ1) is 13.1. The fraction of sp³-hybridized carbons (Fsp3) is 0.636. The summed E-state index contributed by atoms with van der Waals surface area (Å²) in [4.78, 5) is 16.0. The standard InChI is InChI=1S/C11H19N3OS/c1-7-6-16-8(14-7)5-13-10(15)9(12)11(2,3)4/h6,9H,5,12H2,1-4H3,(H,13,15)/t9-/m1/s1. The zero-order valence-corrected chi connectivity index (χ0v) is 11.0. The zero-order valence-electron chi connectivity index (χ0n) is 10.2. The highest BCUT2D eigenvalue weighted by Crippen LogP contribution is 2.17. The third-order valence-corrected chi connectivity index (χ3v) is 3.26. The van der Waals surface area contributed by atoms with E-state index in [4.69, 9.17) is 5.73 Å². The van der Waals surface area contributed by atoms with Crippen molar-refractivity contribution in [2.75, 3.05) is 0 Å². The van der Waals surface area contributed by atoms with Crippen LogP contribution in [0.3, 0.4) is 0 Å². The van der Waals surface area contributed by atoms with Crippen molar-refractivity contribution in [2.45, 2.75) is 40.3 Å². The Morgan fingerprint density at radius 2 is 2.25 bits per heavy atom. The summed E-state index contributed by atoms with van der Waals surface area (Å²) in [5, 5.41) is 5.68. The highest BCUT2D eigenvalue weighted by molar-refractivity contribution is 7.09. The van der Waals surface area contributed by atoms with Crippen LogP contribution in [0.4, 0.5) is 0 Å². The fourth-order valence-corrected chi connectivity index (χ4v) is 1.86. The van der Waals surface area contributed by atoms with Crippen LogP contribution in [-0.4, -0.2) is 16.9 Å². The molecule has 0 aliphatic heterocycles. The summed E-state index contributed by atoms with van der Waals surface area (Å²) in [7, 11) is 0. The Morgan fingerprint density at radius 3 is 2.69 bits per heavy atom. The maximum Gasteiger partial charge on any atom is 0.237 e. The summed E-state index contributed by atoms with van der Waals surface area (Å²) in [6.07, 6.45) is 0. The lowest BCUT2D eigenvalue weighted by Gasteiger charge is -2.25. The van der Waals surface area contributed by atoms with Crippen molar-refractivity contribution in [3.63, 3.8) is 0 Å². The summed E-state index contributed by atoms with van der Waals surface area (Å²) in [6, 6.07) is -0.492. The third-order valence-electron chi connectivity index (χ3n) is 2.30. The molecule has 4 nitrogen and oxygen atoms in total. The summed E-state index contributed by atoms with van der Waals surface area (Å²) < 4.78 is 0. The van der Waals surface area contributed by atoms with Crippen LogP contribution in [0.1, 0.15) is 31.5 Å².